The number of carboxylic acids is 1. The molecule has 1 aliphatic rings. The molecule has 3 heteroatoms. The lowest BCUT2D eigenvalue weighted by molar-refractivity contribution is 0.0697. The van der Waals surface area contributed by atoms with Crippen molar-refractivity contribution >= 4 is 22.8 Å². The number of fused-ring (bicyclic) bond motifs is 1. The fourth-order valence-electron chi connectivity index (χ4n) is 3.75. The number of carboxylic acid groups (broad SMARTS) is 1. The molecule has 2 aromatic rings. The molecule has 25 heavy (non-hydrogen) atoms. The second-order valence-electron chi connectivity index (χ2n) is 7.47. The van der Waals surface area contributed by atoms with Crippen LogP contribution in [0.2, 0.25) is 0 Å². The van der Waals surface area contributed by atoms with Gasteiger partial charge in [-0.3, -0.25) is 0 Å². The Morgan fingerprint density at radius 1 is 1.20 bits per heavy atom. The first-order valence-corrected chi connectivity index (χ1v) is 8.63. The molecule has 0 radical (unpaired) electrons. The van der Waals surface area contributed by atoms with E-state index in [0.717, 1.165) is 12.8 Å². The Kier molecular flexibility index (Phi) is 4.51. The average Bonchev–Trinajstić information content (AvgIpc) is 2.55. The summed E-state index contributed by atoms with van der Waals surface area (Å²) in [6.45, 7) is 6.63. The molecular formula is C22H23FO2. The summed E-state index contributed by atoms with van der Waals surface area (Å²) in [5, 5.41) is 10.1. The van der Waals surface area contributed by atoms with Crippen LogP contribution in [0.15, 0.2) is 47.6 Å². The fraction of sp³-hybridized carbons (Fsp3) is 0.318. The maximum absolute atomic E-state index is 14.8. The van der Waals surface area contributed by atoms with Crippen LogP contribution < -0.4 is 0 Å². The van der Waals surface area contributed by atoms with Gasteiger partial charge in [-0.2, -0.15) is 0 Å². The Balaban J connectivity index is 2.01. The zero-order valence-corrected chi connectivity index (χ0v) is 14.9. The molecule has 0 aromatic heterocycles. The van der Waals surface area contributed by atoms with Crippen LogP contribution in [0.3, 0.4) is 0 Å². The van der Waals surface area contributed by atoms with Gasteiger partial charge in [0.1, 0.15) is 5.82 Å². The summed E-state index contributed by atoms with van der Waals surface area (Å²) in [6.07, 6.45) is 7.33. The monoisotopic (exact) mass is 338 g/mol. The number of aromatic carboxylic acids is 1. The van der Waals surface area contributed by atoms with E-state index in [2.05, 4.69) is 20.8 Å². The topological polar surface area (TPSA) is 37.3 Å². The van der Waals surface area contributed by atoms with Crippen LogP contribution >= 0.6 is 0 Å². The van der Waals surface area contributed by atoms with Crippen LogP contribution in [0.25, 0.3) is 16.8 Å². The normalized spacial score (nSPS) is 17.4. The molecule has 130 valence electrons. The SMILES string of the molecule is CC1=C(C=Cc2ccc3cc(C(=O)O)ccc3c2F)C(C)(C)CCC1. The van der Waals surface area contributed by atoms with E-state index in [1.54, 1.807) is 18.2 Å². The Labute approximate surface area is 147 Å². The van der Waals surface area contributed by atoms with Crippen molar-refractivity contribution in [2.24, 2.45) is 5.41 Å². The summed E-state index contributed by atoms with van der Waals surface area (Å²) in [7, 11) is 0. The van der Waals surface area contributed by atoms with Crippen molar-refractivity contribution in [3.05, 3.63) is 64.5 Å². The first kappa shape index (κ1) is 17.4. The zero-order valence-electron chi connectivity index (χ0n) is 14.9. The molecule has 1 aliphatic carbocycles. The molecule has 0 amide bonds. The molecule has 0 aliphatic heterocycles. The molecule has 0 fully saturated rings. The Bertz CT molecular complexity index is 904. The number of allylic oxidation sites excluding steroid dienone is 3. The zero-order chi connectivity index (χ0) is 18.2. The highest BCUT2D eigenvalue weighted by molar-refractivity contribution is 5.95. The minimum absolute atomic E-state index is 0.114. The van der Waals surface area contributed by atoms with E-state index in [1.165, 1.54) is 29.7 Å². The van der Waals surface area contributed by atoms with Gasteiger partial charge in [0.15, 0.2) is 0 Å². The lowest BCUT2D eigenvalue weighted by Gasteiger charge is -2.32. The Hall–Kier alpha value is -2.42. The van der Waals surface area contributed by atoms with E-state index in [9.17, 15) is 9.18 Å². The highest BCUT2D eigenvalue weighted by atomic mass is 19.1. The van der Waals surface area contributed by atoms with E-state index in [-0.39, 0.29) is 16.8 Å². The molecule has 0 bridgehead atoms. The summed E-state index contributed by atoms with van der Waals surface area (Å²) in [5.41, 5.74) is 3.47. The van der Waals surface area contributed by atoms with Crippen molar-refractivity contribution in [2.45, 2.75) is 40.0 Å². The quantitative estimate of drug-likeness (QED) is 0.721. The van der Waals surface area contributed by atoms with E-state index in [4.69, 9.17) is 5.11 Å². The van der Waals surface area contributed by atoms with Gasteiger partial charge in [0.05, 0.1) is 5.56 Å². The van der Waals surface area contributed by atoms with Crippen molar-refractivity contribution in [3.8, 4) is 0 Å². The number of halogens is 1. The van der Waals surface area contributed by atoms with Gasteiger partial charge in [-0.25, -0.2) is 9.18 Å². The summed E-state index contributed by atoms with van der Waals surface area (Å²) in [5.74, 6) is -1.31. The molecule has 2 aromatic carbocycles. The molecule has 2 nitrogen and oxygen atoms in total. The molecule has 1 N–H and O–H groups in total. The minimum atomic E-state index is -1.01. The third-order valence-electron chi connectivity index (χ3n) is 5.20. The van der Waals surface area contributed by atoms with Crippen molar-refractivity contribution in [3.63, 3.8) is 0 Å². The molecule has 0 unspecified atom stereocenters. The van der Waals surface area contributed by atoms with Crippen LogP contribution in [0.5, 0.6) is 0 Å². The van der Waals surface area contributed by atoms with E-state index in [0.29, 0.717) is 16.3 Å². The van der Waals surface area contributed by atoms with Gasteiger partial charge in [0.25, 0.3) is 0 Å². The molecule has 0 heterocycles. The predicted octanol–water partition coefficient (Wildman–Crippen LogP) is 6.22. The van der Waals surface area contributed by atoms with Gasteiger partial charge >= 0.3 is 5.97 Å². The Morgan fingerprint density at radius 2 is 1.96 bits per heavy atom. The van der Waals surface area contributed by atoms with Gasteiger partial charge in [0, 0.05) is 10.9 Å². The third kappa shape index (κ3) is 3.37. The number of benzene rings is 2. The maximum atomic E-state index is 14.8. The smallest absolute Gasteiger partial charge is 0.335 e. The molecule has 0 saturated heterocycles. The number of carbonyl (C=O) groups is 1. The largest absolute Gasteiger partial charge is 0.478 e. The van der Waals surface area contributed by atoms with E-state index in [1.807, 2.05) is 12.2 Å². The average molecular weight is 338 g/mol. The molecule has 0 spiro atoms. The summed E-state index contributed by atoms with van der Waals surface area (Å²) in [4.78, 5) is 11.1. The van der Waals surface area contributed by atoms with Crippen LogP contribution in [-0.4, -0.2) is 11.1 Å². The van der Waals surface area contributed by atoms with Gasteiger partial charge < -0.3 is 5.11 Å². The van der Waals surface area contributed by atoms with Gasteiger partial charge in [-0.05, 0) is 54.7 Å². The van der Waals surface area contributed by atoms with Gasteiger partial charge in [-0.15, -0.1) is 0 Å². The van der Waals surface area contributed by atoms with Gasteiger partial charge in [0.2, 0.25) is 0 Å². The van der Waals surface area contributed by atoms with Crippen molar-refractivity contribution in [1.82, 2.24) is 0 Å². The summed E-state index contributed by atoms with van der Waals surface area (Å²) >= 11 is 0. The Morgan fingerprint density at radius 3 is 2.64 bits per heavy atom. The van der Waals surface area contributed by atoms with Crippen molar-refractivity contribution in [1.29, 1.82) is 0 Å². The second kappa shape index (κ2) is 6.47. The summed E-state index contributed by atoms with van der Waals surface area (Å²) < 4.78 is 14.8. The van der Waals surface area contributed by atoms with Crippen LogP contribution in [-0.2, 0) is 0 Å². The highest BCUT2D eigenvalue weighted by Gasteiger charge is 2.26. The molecular weight excluding hydrogens is 315 g/mol. The predicted molar refractivity (Wildman–Crippen MR) is 100 cm³/mol. The van der Waals surface area contributed by atoms with Crippen LogP contribution in [0.1, 0.15) is 56.0 Å². The van der Waals surface area contributed by atoms with Crippen LogP contribution in [0.4, 0.5) is 4.39 Å². The first-order valence-electron chi connectivity index (χ1n) is 8.63. The van der Waals surface area contributed by atoms with E-state index < -0.39 is 5.97 Å². The number of hydrogen-bond acceptors (Lipinski definition) is 1. The molecule has 0 saturated carbocycles. The molecule has 3 rings (SSSR count). The molecule has 0 atom stereocenters. The van der Waals surface area contributed by atoms with E-state index >= 15 is 0 Å². The second-order valence-corrected chi connectivity index (χ2v) is 7.47. The lowest BCUT2D eigenvalue weighted by Crippen LogP contribution is -2.18. The summed E-state index contributed by atoms with van der Waals surface area (Å²) in [6, 6.07) is 7.98. The lowest BCUT2D eigenvalue weighted by atomic mass is 9.72. The first-order chi connectivity index (χ1) is 11.8. The van der Waals surface area contributed by atoms with Gasteiger partial charge in [-0.1, -0.05) is 49.8 Å². The van der Waals surface area contributed by atoms with Crippen LogP contribution in [0, 0.1) is 11.2 Å². The third-order valence-corrected chi connectivity index (χ3v) is 5.20. The maximum Gasteiger partial charge on any atom is 0.335 e. The number of hydrogen-bond donors (Lipinski definition) is 1. The highest BCUT2D eigenvalue weighted by Crippen LogP contribution is 2.41. The number of rotatable bonds is 3. The standard InChI is InChI=1S/C22H23FO2/c1-14-5-4-12-22(2,3)19(14)11-9-15-6-7-16-13-17(21(24)25)8-10-18(16)20(15)23/h6-11,13H,4-5,12H2,1-3H3,(H,24,25). The van der Waals surface area contributed by atoms with Crippen molar-refractivity contribution in [2.75, 3.05) is 0 Å². The fourth-order valence-corrected chi connectivity index (χ4v) is 3.75. The minimum Gasteiger partial charge on any atom is -0.478 e. The van der Waals surface area contributed by atoms with Crippen molar-refractivity contribution < 1.29 is 14.3 Å².